The van der Waals surface area contributed by atoms with Crippen LogP contribution >= 0.6 is 0 Å². The maximum absolute atomic E-state index is 5.39. The van der Waals surface area contributed by atoms with Gasteiger partial charge in [0.2, 0.25) is 0 Å². The van der Waals surface area contributed by atoms with Crippen molar-refractivity contribution in [3.8, 4) is 0 Å². The van der Waals surface area contributed by atoms with Crippen molar-refractivity contribution in [3.63, 3.8) is 0 Å². The summed E-state index contributed by atoms with van der Waals surface area (Å²) in [5, 5.41) is 3.25. The van der Waals surface area contributed by atoms with Gasteiger partial charge in [-0.05, 0) is 20.8 Å². The van der Waals surface area contributed by atoms with Gasteiger partial charge in [-0.1, -0.05) is 0 Å². The molecule has 1 heterocycles. The number of ether oxygens (including phenoxy) is 1. The van der Waals surface area contributed by atoms with Crippen LogP contribution in [0, 0.1) is 13.8 Å². The summed E-state index contributed by atoms with van der Waals surface area (Å²) >= 11 is 0. The van der Waals surface area contributed by atoms with Crippen LogP contribution in [0.2, 0.25) is 0 Å². The molecule has 0 aliphatic heterocycles. The van der Waals surface area contributed by atoms with Crippen molar-refractivity contribution in [1.29, 1.82) is 0 Å². The molecule has 0 aliphatic carbocycles. The molecule has 16 heavy (non-hydrogen) atoms. The Kier molecular flexibility index (Phi) is 4.45. The van der Waals surface area contributed by atoms with Gasteiger partial charge in [-0.2, -0.15) is 0 Å². The first kappa shape index (κ1) is 12.7. The second kappa shape index (κ2) is 5.62. The van der Waals surface area contributed by atoms with Crippen molar-refractivity contribution in [2.45, 2.75) is 26.8 Å². The molecule has 4 N–H and O–H groups in total. The zero-order valence-electron chi connectivity index (χ0n) is 10.2. The van der Waals surface area contributed by atoms with Crippen LogP contribution in [0.25, 0.3) is 0 Å². The Labute approximate surface area is 95.6 Å². The summed E-state index contributed by atoms with van der Waals surface area (Å²) in [7, 11) is 1.67. The Hall–Kier alpha value is -1.40. The maximum Gasteiger partial charge on any atom is 0.148 e. The molecule has 0 saturated carbocycles. The highest BCUT2D eigenvalue weighted by Crippen LogP contribution is 2.19. The lowest BCUT2D eigenvalue weighted by molar-refractivity contribution is 0.190. The largest absolute Gasteiger partial charge is 0.383 e. The van der Waals surface area contributed by atoms with Gasteiger partial charge < -0.3 is 15.5 Å². The van der Waals surface area contributed by atoms with Gasteiger partial charge in [0.1, 0.15) is 17.5 Å². The maximum atomic E-state index is 5.39. The molecule has 0 fully saturated rings. The number of aryl methyl sites for hydroxylation is 1. The summed E-state index contributed by atoms with van der Waals surface area (Å²) < 4.78 is 5.06. The predicted octanol–water partition coefficient (Wildman–Crippen LogP) is 0.826. The van der Waals surface area contributed by atoms with Crippen LogP contribution in [-0.2, 0) is 4.74 Å². The lowest BCUT2D eigenvalue weighted by atomic mass is 10.2. The van der Waals surface area contributed by atoms with Gasteiger partial charge in [-0.25, -0.2) is 15.8 Å². The number of hydrogen-bond donors (Lipinski definition) is 3. The van der Waals surface area contributed by atoms with E-state index in [0.717, 1.165) is 11.4 Å². The van der Waals surface area contributed by atoms with Gasteiger partial charge in [-0.15, -0.1) is 0 Å². The average Bonchev–Trinajstić information content (AvgIpc) is 2.23. The first-order valence-electron chi connectivity index (χ1n) is 5.15. The van der Waals surface area contributed by atoms with E-state index in [4.69, 9.17) is 10.6 Å². The van der Waals surface area contributed by atoms with Crippen LogP contribution in [-0.4, -0.2) is 29.7 Å². The minimum Gasteiger partial charge on any atom is -0.383 e. The molecule has 1 rings (SSSR count). The van der Waals surface area contributed by atoms with E-state index in [0.29, 0.717) is 18.2 Å². The van der Waals surface area contributed by atoms with Gasteiger partial charge in [0, 0.05) is 18.7 Å². The van der Waals surface area contributed by atoms with Crippen LogP contribution in [0.1, 0.15) is 18.3 Å². The third kappa shape index (κ3) is 3.04. The Morgan fingerprint density at radius 2 is 1.94 bits per heavy atom. The molecule has 6 nitrogen and oxygen atoms in total. The Bertz CT molecular complexity index is 355. The molecular formula is C10H19N5O. The molecule has 0 saturated heterocycles. The highest BCUT2D eigenvalue weighted by Gasteiger charge is 2.10. The Morgan fingerprint density at radius 1 is 1.31 bits per heavy atom. The minimum atomic E-state index is 0.184. The molecule has 1 aromatic rings. The van der Waals surface area contributed by atoms with Crippen LogP contribution in [0.5, 0.6) is 0 Å². The van der Waals surface area contributed by atoms with Crippen LogP contribution < -0.4 is 16.6 Å². The van der Waals surface area contributed by atoms with E-state index in [1.807, 2.05) is 20.8 Å². The molecule has 0 bridgehead atoms. The first-order valence-corrected chi connectivity index (χ1v) is 5.15. The number of nitrogen functional groups attached to an aromatic ring is 1. The normalized spacial score (nSPS) is 12.3. The van der Waals surface area contributed by atoms with Gasteiger partial charge in [0.15, 0.2) is 0 Å². The number of methoxy groups -OCH3 is 1. The van der Waals surface area contributed by atoms with E-state index in [-0.39, 0.29) is 6.04 Å². The number of aromatic nitrogens is 2. The molecule has 0 aliphatic rings. The summed E-state index contributed by atoms with van der Waals surface area (Å²) in [5.74, 6) is 7.48. The zero-order chi connectivity index (χ0) is 12.1. The smallest absolute Gasteiger partial charge is 0.148 e. The van der Waals surface area contributed by atoms with Crippen molar-refractivity contribution in [1.82, 2.24) is 9.97 Å². The first-order chi connectivity index (χ1) is 7.58. The van der Waals surface area contributed by atoms with E-state index in [1.165, 1.54) is 0 Å². The number of nitrogens with one attached hydrogen (secondary N) is 2. The Balaban J connectivity index is 2.90. The molecule has 1 unspecified atom stereocenters. The third-order valence-electron chi connectivity index (χ3n) is 2.19. The fourth-order valence-corrected chi connectivity index (χ4v) is 1.43. The van der Waals surface area contributed by atoms with E-state index in [1.54, 1.807) is 7.11 Å². The van der Waals surface area contributed by atoms with Crippen molar-refractivity contribution in [2.75, 3.05) is 24.5 Å². The van der Waals surface area contributed by atoms with Crippen molar-refractivity contribution in [3.05, 3.63) is 11.4 Å². The van der Waals surface area contributed by atoms with Crippen molar-refractivity contribution in [2.24, 2.45) is 5.84 Å². The highest BCUT2D eigenvalue weighted by molar-refractivity contribution is 5.56. The van der Waals surface area contributed by atoms with E-state index >= 15 is 0 Å². The van der Waals surface area contributed by atoms with E-state index in [2.05, 4.69) is 20.7 Å². The third-order valence-corrected chi connectivity index (χ3v) is 2.19. The number of rotatable bonds is 5. The summed E-state index contributed by atoms with van der Waals surface area (Å²) in [6.07, 6.45) is 0. The van der Waals surface area contributed by atoms with Crippen molar-refractivity contribution >= 4 is 11.6 Å². The molecule has 1 aromatic heterocycles. The monoisotopic (exact) mass is 225 g/mol. The molecule has 1 atom stereocenters. The minimum absolute atomic E-state index is 0.184. The molecule has 6 heteroatoms. The molecule has 0 radical (unpaired) electrons. The fourth-order valence-electron chi connectivity index (χ4n) is 1.43. The van der Waals surface area contributed by atoms with Gasteiger partial charge in [0.05, 0.1) is 6.61 Å². The van der Waals surface area contributed by atoms with Gasteiger partial charge >= 0.3 is 0 Å². The van der Waals surface area contributed by atoms with E-state index < -0.39 is 0 Å². The topological polar surface area (TPSA) is 85.1 Å². The van der Waals surface area contributed by atoms with Crippen LogP contribution in [0.4, 0.5) is 11.6 Å². The summed E-state index contributed by atoms with van der Waals surface area (Å²) in [6, 6.07) is 0.184. The highest BCUT2D eigenvalue weighted by atomic mass is 16.5. The second-order valence-corrected chi connectivity index (χ2v) is 3.74. The molecule has 90 valence electrons. The van der Waals surface area contributed by atoms with Crippen LogP contribution in [0.15, 0.2) is 0 Å². The average molecular weight is 225 g/mol. The summed E-state index contributed by atoms with van der Waals surface area (Å²) in [6.45, 7) is 6.38. The quantitative estimate of drug-likeness (QED) is 0.508. The number of hydrogen-bond acceptors (Lipinski definition) is 6. The molecule has 0 spiro atoms. The number of hydrazine groups is 1. The molecule has 0 amide bonds. The van der Waals surface area contributed by atoms with Gasteiger partial charge in [0.25, 0.3) is 0 Å². The predicted molar refractivity (Wildman–Crippen MR) is 64.3 cm³/mol. The number of nitrogens with zero attached hydrogens (tertiary/aromatic N) is 2. The standard InChI is InChI=1S/C10H19N5O/c1-6(5-16-4)12-9-7(2)10(15-11)14-8(3)13-9/h6H,5,11H2,1-4H3,(H2,12,13,14,15). The second-order valence-electron chi connectivity index (χ2n) is 3.74. The SMILES string of the molecule is COCC(C)Nc1nc(C)nc(NN)c1C. The Morgan fingerprint density at radius 3 is 2.50 bits per heavy atom. The number of anilines is 2. The van der Waals surface area contributed by atoms with Crippen molar-refractivity contribution < 1.29 is 4.74 Å². The summed E-state index contributed by atoms with van der Waals surface area (Å²) in [5.41, 5.74) is 3.46. The molecular weight excluding hydrogens is 206 g/mol. The van der Waals surface area contributed by atoms with E-state index in [9.17, 15) is 0 Å². The number of nitrogens with two attached hydrogens (primary N) is 1. The van der Waals surface area contributed by atoms with Crippen LogP contribution in [0.3, 0.4) is 0 Å². The zero-order valence-corrected chi connectivity index (χ0v) is 10.2. The lowest BCUT2D eigenvalue weighted by Crippen LogP contribution is -2.23. The summed E-state index contributed by atoms with van der Waals surface area (Å²) in [4.78, 5) is 8.52. The molecule has 0 aromatic carbocycles. The lowest BCUT2D eigenvalue weighted by Gasteiger charge is -2.17. The fraction of sp³-hybridized carbons (Fsp3) is 0.600. The van der Waals surface area contributed by atoms with Gasteiger partial charge in [-0.3, -0.25) is 0 Å².